The van der Waals surface area contributed by atoms with E-state index in [4.69, 9.17) is 10.7 Å². The molecule has 1 aromatic carbocycles. The van der Waals surface area contributed by atoms with Gasteiger partial charge in [-0.3, -0.25) is 29.3 Å². The fourth-order valence-corrected chi connectivity index (χ4v) is 6.23. The number of primary amides is 1. The maximum atomic E-state index is 14.4. The lowest BCUT2D eigenvalue weighted by molar-refractivity contribution is -0.134. The van der Waals surface area contributed by atoms with Crippen LogP contribution in [0.4, 0.5) is 5.69 Å². The average molecular weight is 564 g/mol. The van der Waals surface area contributed by atoms with Crippen molar-refractivity contribution in [3.63, 3.8) is 0 Å². The van der Waals surface area contributed by atoms with E-state index in [2.05, 4.69) is 22.2 Å². The highest BCUT2D eigenvalue weighted by molar-refractivity contribution is 6.08. The van der Waals surface area contributed by atoms with Crippen molar-refractivity contribution in [2.24, 2.45) is 5.73 Å². The summed E-state index contributed by atoms with van der Waals surface area (Å²) >= 11 is 0. The molecule has 3 aromatic heterocycles. The Labute approximate surface area is 244 Å². The largest absolute Gasteiger partial charge is 0.364 e. The number of piperidine rings is 1. The second-order valence-corrected chi connectivity index (χ2v) is 10.9. The van der Waals surface area contributed by atoms with Gasteiger partial charge in [-0.25, -0.2) is 0 Å². The molecule has 1 fully saturated rings. The number of hydrogen-bond acceptors (Lipinski definition) is 7. The first-order chi connectivity index (χ1) is 20.4. The summed E-state index contributed by atoms with van der Waals surface area (Å²) in [5.41, 5.74) is 8.93. The van der Waals surface area contributed by atoms with Gasteiger partial charge >= 0.3 is 0 Å². The van der Waals surface area contributed by atoms with Gasteiger partial charge in [-0.05, 0) is 48.9 Å². The smallest absolute Gasteiger partial charge is 0.267 e. The van der Waals surface area contributed by atoms with Crippen LogP contribution >= 0.6 is 0 Å². The van der Waals surface area contributed by atoms with E-state index in [0.717, 1.165) is 46.1 Å². The Morgan fingerprint density at radius 3 is 2.57 bits per heavy atom. The fraction of sp³-hybridized carbons (Fsp3) is 0.312. The summed E-state index contributed by atoms with van der Waals surface area (Å²) in [6.45, 7) is 4.46. The van der Waals surface area contributed by atoms with Gasteiger partial charge in [-0.1, -0.05) is 37.3 Å². The topological polar surface area (TPSA) is 134 Å². The number of aromatic nitrogens is 3. The summed E-state index contributed by atoms with van der Waals surface area (Å²) in [6, 6.07) is 13.3. The van der Waals surface area contributed by atoms with Crippen LogP contribution in [0.3, 0.4) is 0 Å². The number of nitrogens with two attached hydrogens (primary N) is 1. The van der Waals surface area contributed by atoms with Crippen LogP contribution in [0, 0.1) is 0 Å². The zero-order valence-electron chi connectivity index (χ0n) is 23.5. The molecule has 6 rings (SSSR count). The van der Waals surface area contributed by atoms with E-state index < -0.39 is 11.3 Å². The second-order valence-electron chi connectivity index (χ2n) is 10.9. The second kappa shape index (κ2) is 11.3. The minimum atomic E-state index is -0.715. The molecule has 2 aliphatic heterocycles. The molecule has 3 N–H and O–H groups in total. The van der Waals surface area contributed by atoms with Crippen LogP contribution in [-0.4, -0.2) is 63.8 Å². The molecule has 214 valence electrons. The van der Waals surface area contributed by atoms with Crippen molar-refractivity contribution in [2.75, 3.05) is 31.1 Å². The Bertz CT molecular complexity index is 1660. The Balaban J connectivity index is 1.34. The molecule has 0 radical (unpaired) electrons. The SMILES string of the molecule is CCCNCC(=O)N1CCC2(CC1)C(=O)N(Cc1ncc3ccccc3c1-c1ccc(C(N)=O)nc1)c1cnccc12. The molecule has 42 heavy (non-hydrogen) atoms. The first-order valence-electron chi connectivity index (χ1n) is 14.3. The summed E-state index contributed by atoms with van der Waals surface area (Å²) < 4.78 is 0. The van der Waals surface area contributed by atoms with Gasteiger partial charge in [0.1, 0.15) is 5.69 Å². The number of hydrogen-bond donors (Lipinski definition) is 2. The molecule has 1 saturated heterocycles. The molecule has 3 amide bonds. The van der Waals surface area contributed by atoms with E-state index in [0.29, 0.717) is 38.2 Å². The van der Waals surface area contributed by atoms with E-state index in [9.17, 15) is 14.4 Å². The number of nitrogens with zero attached hydrogens (tertiary/aromatic N) is 5. The number of benzene rings is 1. The van der Waals surface area contributed by atoms with Crippen LogP contribution in [-0.2, 0) is 21.5 Å². The number of pyridine rings is 3. The van der Waals surface area contributed by atoms with E-state index >= 15 is 0 Å². The molecule has 0 unspecified atom stereocenters. The number of carbonyl (C=O) groups is 3. The molecule has 10 heteroatoms. The lowest BCUT2D eigenvalue weighted by Crippen LogP contribution is -2.51. The van der Waals surface area contributed by atoms with E-state index in [1.807, 2.05) is 47.5 Å². The summed E-state index contributed by atoms with van der Waals surface area (Å²) in [5, 5.41) is 5.10. The molecule has 1 spiro atoms. The van der Waals surface area contributed by atoms with Crippen molar-refractivity contribution in [1.82, 2.24) is 25.2 Å². The molecular weight excluding hydrogens is 530 g/mol. The lowest BCUT2D eigenvalue weighted by atomic mass is 9.74. The van der Waals surface area contributed by atoms with Crippen molar-refractivity contribution < 1.29 is 14.4 Å². The molecule has 0 atom stereocenters. The lowest BCUT2D eigenvalue weighted by Gasteiger charge is -2.38. The van der Waals surface area contributed by atoms with Crippen molar-refractivity contribution in [3.8, 4) is 11.1 Å². The first-order valence-corrected chi connectivity index (χ1v) is 14.3. The quantitative estimate of drug-likeness (QED) is 0.315. The van der Waals surface area contributed by atoms with Gasteiger partial charge in [-0.15, -0.1) is 0 Å². The highest BCUT2D eigenvalue weighted by Gasteiger charge is 2.52. The van der Waals surface area contributed by atoms with E-state index in [1.165, 1.54) is 0 Å². The minimum absolute atomic E-state index is 0.00446. The number of carbonyl (C=O) groups excluding carboxylic acids is 3. The van der Waals surface area contributed by atoms with Gasteiger partial charge < -0.3 is 20.9 Å². The number of amides is 3. The van der Waals surface area contributed by atoms with Gasteiger partial charge in [0, 0.05) is 48.2 Å². The van der Waals surface area contributed by atoms with Crippen LogP contribution in [0.15, 0.2) is 67.3 Å². The summed E-state index contributed by atoms with van der Waals surface area (Å²) in [6.07, 6.45) is 8.99. The number of fused-ring (bicyclic) bond motifs is 3. The first kappa shape index (κ1) is 27.5. The summed E-state index contributed by atoms with van der Waals surface area (Å²) in [4.78, 5) is 55.9. The number of anilines is 1. The molecule has 0 bridgehead atoms. The van der Waals surface area contributed by atoms with Crippen molar-refractivity contribution in [3.05, 3.63) is 84.2 Å². The molecule has 0 saturated carbocycles. The van der Waals surface area contributed by atoms with Gasteiger partial charge in [0.25, 0.3) is 5.91 Å². The zero-order valence-corrected chi connectivity index (χ0v) is 23.5. The molecule has 2 aliphatic rings. The predicted octanol–water partition coefficient (Wildman–Crippen LogP) is 3.20. The van der Waals surface area contributed by atoms with Crippen molar-refractivity contribution >= 4 is 34.2 Å². The monoisotopic (exact) mass is 563 g/mol. The minimum Gasteiger partial charge on any atom is -0.364 e. The number of rotatable bonds is 8. The van der Waals surface area contributed by atoms with E-state index in [1.54, 1.807) is 29.6 Å². The number of likely N-dealkylation sites (tertiary alicyclic amines) is 1. The Hall–Kier alpha value is -4.70. The fourth-order valence-electron chi connectivity index (χ4n) is 6.23. The Kier molecular flexibility index (Phi) is 7.38. The molecule has 4 aromatic rings. The average Bonchev–Trinajstić information content (AvgIpc) is 3.24. The number of nitrogens with one attached hydrogen (secondary N) is 1. The van der Waals surface area contributed by atoms with Crippen LogP contribution in [0.25, 0.3) is 21.9 Å². The Morgan fingerprint density at radius 1 is 1.02 bits per heavy atom. The molecule has 10 nitrogen and oxygen atoms in total. The van der Waals surface area contributed by atoms with Crippen LogP contribution in [0.1, 0.15) is 47.9 Å². The van der Waals surface area contributed by atoms with Gasteiger partial charge in [-0.2, -0.15) is 0 Å². The van der Waals surface area contributed by atoms with Gasteiger partial charge in [0.2, 0.25) is 11.8 Å². The Morgan fingerprint density at radius 2 is 1.83 bits per heavy atom. The van der Waals surface area contributed by atoms with Gasteiger partial charge in [0.05, 0.1) is 36.1 Å². The predicted molar refractivity (Wildman–Crippen MR) is 160 cm³/mol. The summed E-state index contributed by atoms with van der Waals surface area (Å²) in [5.74, 6) is -0.527. The maximum absolute atomic E-state index is 14.4. The zero-order chi connectivity index (χ0) is 29.3. The van der Waals surface area contributed by atoms with Gasteiger partial charge in [0.15, 0.2) is 0 Å². The highest BCUT2D eigenvalue weighted by atomic mass is 16.2. The summed E-state index contributed by atoms with van der Waals surface area (Å²) in [7, 11) is 0. The third-order valence-corrected chi connectivity index (χ3v) is 8.42. The van der Waals surface area contributed by atoms with Crippen LogP contribution < -0.4 is 16.0 Å². The molecule has 5 heterocycles. The molecule has 0 aliphatic carbocycles. The van der Waals surface area contributed by atoms with Crippen LogP contribution in [0.2, 0.25) is 0 Å². The highest BCUT2D eigenvalue weighted by Crippen LogP contribution is 2.48. The standard InChI is InChI=1S/C32H33N7O3/c1-2-12-34-19-28(40)38-14-10-32(11-15-38)24-9-13-35-18-27(24)39(31(32)42)20-26-29(22-7-8-25(30(33)41)36-17-22)23-6-4-3-5-21(23)16-37-26/h3-9,13,16-18,34H,2,10-12,14-15,19-20H2,1H3,(H2,33,41). The van der Waals surface area contributed by atoms with E-state index in [-0.39, 0.29) is 24.1 Å². The van der Waals surface area contributed by atoms with Crippen LogP contribution in [0.5, 0.6) is 0 Å². The van der Waals surface area contributed by atoms with Crippen molar-refractivity contribution in [2.45, 2.75) is 38.1 Å². The third kappa shape index (κ3) is 4.77. The maximum Gasteiger partial charge on any atom is 0.267 e. The van der Waals surface area contributed by atoms with Crippen molar-refractivity contribution in [1.29, 1.82) is 0 Å². The normalized spacial score (nSPS) is 15.8. The third-order valence-electron chi connectivity index (χ3n) is 8.42. The molecular formula is C32H33N7O3.